The first-order valence-electron chi connectivity index (χ1n) is 5.21. The second-order valence-electron chi connectivity index (χ2n) is 3.75. The minimum absolute atomic E-state index is 1.09. The molecule has 0 aliphatic carbocycles. The third-order valence-electron chi connectivity index (χ3n) is 2.73. The molecule has 0 aliphatic heterocycles. The number of rotatable bonds is 2. The van der Waals surface area contributed by atoms with E-state index in [9.17, 15) is 0 Å². The molecule has 2 aromatic rings. The van der Waals surface area contributed by atoms with Gasteiger partial charge in [0.15, 0.2) is 0 Å². The smallest absolute Gasteiger partial charge is 0.0557 e. The minimum Gasteiger partial charge on any atom is -0.350 e. The van der Waals surface area contributed by atoms with Gasteiger partial charge in [0.2, 0.25) is 0 Å². The number of allylic oxidation sites excluding steroid dienone is 1. The fourth-order valence-corrected chi connectivity index (χ4v) is 2.65. The zero-order valence-corrected chi connectivity index (χ0v) is 11.1. The molecule has 0 unspecified atom stereocenters. The fraction of sp³-hybridized carbons (Fsp3) is 0.143. The Morgan fingerprint density at radius 3 is 2.75 bits per heavy atom. The van der Waals surface area contributed by atoms with Gasteiger partial charge < -0.3 is 4.57 Å². The van der Waals surface area contributed by atoms with Crippen LogP contribution in [0.5, 0.6) is 0 Å². The maximum Gasteiger partial charge on any atom is 0.0557 e. The van der Waals surface area contributed by atoms with Gasteiger partial charge in [0.05, 0.1) is 5.52 Å². The third-order valence-corrected chi connectivity index (χ3v) is 3.38. The first kappa shape index (κ1) is 11.2. The molecule has 0 saturated carbocycles. The van der Waals surface area contributed by atoms with Crippen molar-refractivity contribution in [2.75, 3.05) is 0 Å². The summed E-state index contributed by atoms with van der Waals surface area (Å²) in [6.45, 7) is 5.91. The largest absolute Gasteiger partial charge is 0.350 e. The predicted molar refractivity (Wildman–Crippen MR) is 75.4 cm³/mol. The van der Waals surface area contributed by atoms with E-state index in [4.69, 9.17) is 0 Å². The van der Waals surface area contributed by atoms with Crippen LogP contribution in [0, 0.1) is 0 Å². The quantitative estimate of drug-likeness (QED) is 0.754. The van der Waals surface area contributed by atoms with Gasteiger partial charge in [-0.2, -0.15) is 0 Å². The highest BCUT2D eigenvalue weighted by atomic mass is 79.9. The SMILES string of the molecule is C=Cc1c(Br)cc2ccn(C)c2c1/C=C\C. The molecule has 2 rings (SSSR count). The summed E-state index contributed by atoms with van der Waals surface area (Å²) in [7, 11) is 2.07. The van der Waals surface area contributed by atoms with E-state index in [-0.39, 0.29) is 0 Å². The van der Waals surface area contributed by atoms with Crippen LogP contribution in [0.15, 0.2) is 35.5 Å². The maximum absolute atomic E-state index is 3.88. The first-order chi connectivity index (χ1) is 7.69. The third kappa shape index (κ3) is 1.63. The van der Waals surface area contributed by atoms with Crippen molar-refractivity contribution in [2.24, 2.45) is 7.05 Å². The fourth-order valence-electron chi connectivity index (χ4n) is 2.02. The van der Waals surface area contributed by atoms with Gasteiger partial charge in [-0.25, -0.2) is 0 Å². The van der Waals surface area contributed by atoms with Gasteiger partial charge in [0, 0.05) is 28.7 Å². The molecule has 1 aromatic carbocycles. The van der Waals surface area contributed by atoms with Crippen LogP contribution in [0.1, 0.15) is 18.1 Å². The van der Waals surface area contributed by atoms with Crippen LogP contribution < -0.4 is 0 Å². The molecule has 16 heavy (non-hydrogen) atoms. The van der Waals surface area contributed by atoms with Gasteiger partial charge in [0.1, 0.15) is 0 Å². The van der Waals surface area contributed by atoms with E-state index >= 15 is 0 Å². The first-order valence-corrected chi connectivity index (χ1v) is 6.01. The zero-order chi connectivity index (χ0) is 11.7. The number of aromatic nitrogens is 1. The van der Waals surface area contributed by atoms with Crippen LogP contribution in [-0.2, 0) is 7.05 Å². The molecular formula is C14H14BrN. The standard InChI is InChI=1S/C14H14BrN/c1-4-6-12-11(5-2)13(15)9-10-7-8-16(3)14(10)12/h4-9H,2H2,1,3H3/b6-4-. The Hall–Kier alpha value is -1.28. The molecule has 0 fully saturated rings. The van der Waals surface area contributed by atoms with Crippen LogP contribution in [0.4, 0.5) is 0 Å². The Morgan fingerprint density at radius 2 is 2.12 bits per heavy atom. The summed E-state index contributed by atoms with van der Waals surface area (Å²) in [5, 5.41) is 1.24. The summed E-state index contributed by atoms with van der Waals surface area (Å²) in [4.78, 5) is 0. The second kappa shape index (κ2) is 4.30. The minimum atomic E-state index is 1.09. The van der Waals surface area contributed by atoms with E-state index in [2.05, 4.69) is 64.6 Å². The lowest BCUT2D eigenvalue weighted by Crippen LogP contribution is -1.91. The van der Waals surface area contributed by atoms with Crippen molar-refractivity contribution in [1.82, 2.24) is 4.57 Å². The number of benzene rings is 1. The zero-order valence-electron chi connectivity index (χ0n) is 9.50. The van der Waals surface area contributed by atoms with E-state index in [1.54, 1.807) is 0 Å². The van der Waals surface area contributed by atoms with E-state index in [0.717, 1.165) is 10.0 Å². The van der Waals surface area contributed by atoms with Crippen LogP contribution in [0.25, 0.3) is 23.1 Å². The van der Waals surface area contributed by atoms with E-state index in [1.807, 2.05) is 13.0 Å². The topological polar surface area (TPSA) is 4.93 Å². The average Bonchev–Trinajstić information content (AvgIpc) is 2.60. The normalized spacial score (nSPS) is 11.4. The van der Waals surface area contributed by atoms with Crippen LogP contribution in [-0.4, -0.2) is 4.57 Å². The van der Waals surface area contributed by atoms with Crippen molar-refractivity contribution >= 4 is 39.0 Å². The van der Waals surface area contributed by atoms with E-state index < -0.39 is 0 Å². The van der Waals surface area contributed by atoms with Crippen molar-refractivity contribution < 1.29 is 0 Å². The van der Waals surface area contributed by atoms with Gasteiger partial charge in [-0.05, 0) is 24.6 Å². The molecule has 0 amide bonds. The molecule has 1 aromatic heterocycles. The van der Waals surface area contributed by atoms with Gasteiger partial charge in [0.25, 0.3) is 0 Å². The Balaban J connectivity index is 2.95. The monoisotopic (exact) mass is 275 g/mol. The number of nitrogens with zero attached hydrogens (tertiary/aromatic N) is 1. The molecule has 1 heterocycles. The van der Waals surface area contributed by atoms with Crippen LogP contribution in [0.3, 0.4) is 0 Å². The number of hydrogen-bond acceptors (Lipinski definition) is 0. The molecule has 82 valence electrons. The number of halogens is 1. The Kier molecular flexibility index (Phi) is 3.01. The summed E-state index contributed by atoms with van der Waals surface area (Å²) < 4.78 is 3.23. The Labute approximate surface area is 104 Å². The van der Waals surface area contributed by atoms with Gasteiger partial charge in [-0.3, -0.25) is 0 Å². The molecule has 2 heteroatoms. The summed E-state index contributed by atoms with van der Waals surface area (Å²) in [6.07, 6.45) is 8.16. The van der Waals surface area contributed by atoms with Gasteiger partial charge in [-0.15, -0.1) is 0 Å². The predicted octanol–water partition coefficient (Wildman–Crippen LogP) is 4.62. The van der Waals surface area contributed by atoms with Crippen molar-refractivity contribution in [2.45, 2.75) is 6.92 Å². The van der Waals surface area contributed by atoms with Gasteiger partial charge >= 0.3 is 0 Å². The van der Waals surface area contributed by atoms with Crippen LogP contribution in [0.2, 0.25) is 0 Å². The molecule has 0 aliphatic rings. The lowest BCUT2D eigenvalue weighted by molar-refractivity contribution is 0.967. The molecular weight excluding hydrogens is 262 g/mol. The van der Waals surface area contributed by atoms with Crippen molar-refractivity contribution in [3.8, 4) is 0 Å². The lowest BCUT2D eigenvalue weighted by atomic mass is 10.0. The molecule has 0 N–H and O–H groups in total. The maximum atomic E-state index is 3.88. The summed E-state index contributed by atoms with van der Waals surface area (Å²) in [6, 6.07) is 4.26. The van der Waals surface area contributed by atoms with Crippen LogP contribution >= 0.6 is 15.9 Å². The highest BCUT2D eigenvalue weighted by molar-refractivity contribution is 9.10. The summed E-state index contributed by atoms with van der Waals surface area (Å²) in [5.74, 6) is 0. The molecule has 0 saturated heterocycles. The molecule has 1 nitrogen and oxygen atoms in total. The van der Waals surface area contributed by atoms with E-state index in [0.29, 0.717) is 0 Å². The number of aryl methyl sites for hydroxylation is 1. The molecule has 0 radical (unpaired) electrons. The summed E-state index contributed by atoms with van der Waals surface area (Å²) in [5.41, 5.74) is 3.61. The highest BCUT2D eigenvalue weighted by Crippen LogP contribution is 2.31. The van der Waals surface area contributed by atoms with Crippen molar-refractivity contribution in [3.63, 3.8) is 0 Å². The average molecular weight is 276 g/mol. The highest BCUT2D eigenvalue weighted by Gasteiger charge is 2.09. The Bertz CT molecular complexity index is 576. The van der Waals surface area contributed by atoms with Crippen molar-refractivity contribution in [3.05, 3.63) is 46.6 Å². The number of hydrogen-bond donors (Lipinski definition) is 0. The molecule has 0 atom stereocenters. The Morgan fingerprint density at radius 1 is 1.38 bits per heavy atom. The molecule has 0 spiro atoms. The van der Waals surface area contributed by atoms with Gasteiger partial charge in [-0.1, -0.05) is 40.7 Å². The second-order valence-corrected chi connectivity index (χ2v) is 4.61. The summed E-state index contributed by atoms with van der Waals surface area (Å²) >= 11 is 3.59. The lowest BCUT2D eigenvalue weighted by Gasteiger charge is -2.08. The number of fused-ring (bicyclic) bond motifs is 1. The molecule has 0 bridgehead atoms. The van der Waals surface area contributed by atoms with E-state index in [1.165, 1.54) is 16.5 Å². The van der Waals surface area contributed by atoms with Crippen molar-refractivity contribution in [1.29, 1.82) is 0 Å².